The van der Waals surface area contributed by atoms with Gasteiger partial charge in [-0.15, -0.1) is 11.8 Å². The monoisotopic (exact) mass is 277 g/mol. The van der Waals surface area contributed by atoms with Gasteiger partial charge in [-0.2, -0.15) is 0 Å². The van der Waals surface area contributed by atoms with E-state index in [0.29, 0.717) is 0 Å². The van der Waals surface area contributed by atoms with Crippen molar-refractivity contribution >= 4 is 11.8 Å². The molecule has 0 radical (unpaired) electrons. The molecule has 0 saturated heterocycles. The van der Waals surface area contributed by atoms with Crippen LogP contribution in [0, 0.1) is 5.92 Å². The van der Waals surface area contributed by atoms with E-state index in [1.54, 1.807) is 0 Å². The van der Waals surface area contributed by atoms with Gasteiger partial charge in [-0.25, -0.2) is 0 Å². The lowest BCUT2D eigenvalue weighted by molar-refractivity contribution is 0.333. The summed E-state index contributed by atoms with van der Waals surface area (Å²) in [6.07, 6.45) is 8.45. The molecule has 0 spiro atoms. The highest BCUT2D eigenvalue weighted by Gasteiger charge is 2.22. The summed E-state index contributed by atoms with van der Waals surface area (Å²) in [6.45, 7) is 3.35. The van der Waals surface area contributed by atoms with Gasteiger partial charge in [-0.1, -0.05) is 44.4 Å². The van der Waals surface area contributed by atoms with E-state index >= 15 is 0 Å². The van der Waals surface area contributed by atoms with Crippen molar-refractivity contribution in [3.63, 3.8) is 0 Å². The Balaban J connectivity index is 1.78. The van der Waals surface area contributed by atoms with Gasteiger partial charge in [0.1, 0.15) is 0 Å². The summed E-state index contributed by atoms with van der Waals surface area (Å²) in [5.41, 5.74) is 0. The fraction of sp³-hybridized carbons (Fsp3) is 0.647. The third-order valence-electron chi connectivity index (χ3n) is 4.13. The Morgan fingerprint density at radius 2 is 1.89 bits per heavy atom. The molecular weight excluding hydrogens is 250 g/mol. The molecule has 19 heavy (non-hydrogen) atoms. The second-order valence-electron chi connectivity index (χ2n) is 5.51. The van der Waals surface area contributed by atoms with E-state index in [1.165, 1.54) is 49.2 Å². The average Bonchev–Trinajstić information content (AvgIpc) is 2.66. The van der Waals surface area contributed by atoms with Gasteiger partial charge in [-0.3, -0.25) is 0 Å². The highest BCUT2D eigenvalue weighted by Crippen LogP contribution is 2.29. The highest BCUT2D eigenvalue weighted by molar-refractivity contribution is 7.99. The minimum Gasteiger partial charge on any atom is -0.314 e. The molecule has 2 heteroatoms. The van der Waals surface area contributed by atoms with Gasteiger partial charge in [0.05, 0.1) is 0 Å². The zero-order chi connectivity index (χ0) is 13.3. The summed E-state index contributed by atoms with van der Waals surface area (Å²) in [4.78, 5) is 1.41. The van der Waals surface area contributed by atoms with Crippen molar-refractivity contribution in [3.8, 4) is 0 Å². The van der Waals surface area contributed by atoms with Crippen molar-refractivity contribution in [1.82, 2.24) is 5.32 Å². The SMILES string of the molecule is CCNC1CCCCCC1CCSc1ccccc1. The van der Waals surface area contributed by atoms with Crippen LogP contribution in [0.15, 0.2) is 35.2 Å². The Kier molecular flexibility index (Phi) is 6.80. The molecule has 0 aliphatic heterocycles. The molecule has 1 saturated carbocycles. The fourth-order valence-corrected chi connectivity index (χ4v) is 4.11. The first-order valence-electron chi connectivity index (χ1n) is 7.81. The number of benzene rings is 1. The first-order chi connectivity index (χ1) is 9.40. The van der Waals surface area contributed by atoms with Crippen LogP contribution in [-0.4, -0.2) is 18.3 Å². The van der Waals surface area contributed by atoms with Gasteiger partial charge in [0, 0.05) is 10.9 Å². The van der Waals surface area contributed by atoms with Crippen molar-refractivity contribution in [3.05, 3.63) is 30.3 Å². The molecule has 0 heterocycles. The summed E-state index contributed by atoms with van der Waals surface area (Å²) >= 11 is 2.01. The average molecular weight is 277 g/mol. The molecule has 0 aromatic heterocycles. The molecule has 2 unspecified atom stereocenters. The first kappa shape index (κ1) is 14.9. The zero-order valence-electron chi connectivity index (χ0n) is 12.1. The number of hydrogen-bond acceptors (Lipinski definition) is 2. The lowest BCUT2D eigenvalue weighted by atomic mass is 9.92. The third kappa shape index (κ3) is 5.19. The summed E-state index contributed by atoms with van der Waals surface area (Å²) in [6, 6.07) is 11.6. The van der Waals surface area contributed by atoms with Crippen LogP contribution >= 0.6 is 11.8 Å². The predicted octanol–water partition coefficient (Wildman–Crippen LogP) is 4.73. The quantitative estimate of drug-likeness (QED) is 0.596. The molecule has 1 aromatic carbocycles. The first-order valence-corrected chi connectivity index (χ1v) is 8.80. The molecule has 1 aliphatic rings. The lowest BCUT2D eigenvalue weighted by Gasteiger charge is -2.25. The molecule has 1 nitrogen and oxygen atoms in total. The molecule has 2 atom stereocenters. The molecule has 1 fully saturated rings. The smallest absolute Gasteiger partial charge is 0.00955 e. The summed E-state index contributed by atoms with van der Waals surface area (Å²) < 4.78 is 0. The Bertz CT molecular complexity index is 338. The van der Waals surface area contributed by atoms with Crippen LogP contribution in [0.3, 0.4) is 0 Å². The van der Waals surface area contributed by atoms with E-state index in [4.69, 9.17) is 0 Å². The molecule has 1 aromatic rings. The van der Waals surface area contributed by atoms with E-state index in [9.17, 15) is 0 Å². The number of hydrogen-bond donors (Lipinski definition) is 1. The van der Waals surface area contributed by atoms with Crippen molar-refractivity contribution in [2.45, 2.75) is 56.4 Å². The van der Waals surface area contributed by atoms with Gasteiger partial charge in [-0.05, 0) is 49.6 Å². The van der Waals surface area contributed by atoms with Crippen molar-refractivity contribution in [2.75, 3.05) is 12.3 Å². The van der Waals surface area contributed by atoms with Gasteiger partial charge in [0.15, 0.2) is 0 Å². The predicted molar refractivity (Wildman–Crippen MR) is 85.8 cm³/mol. The summed E-state index contributed by atoms with van der Waals surface area (Å²) in [5.74, 6) is 2.15. The van der Waals surface area contributed by atoms with Crippen LogP contribution in [-0.2, 0) is 0 Å². The number of thioether (sulfide) groups is 1. The maximum atomic E-state index is 3.71. The van der Waals surface area contributed by atoms with Crippen molar-refractivity contribution in [1.29, 1.82) is 0 Å². The van der Waals surface area contributed by atoms with Gasteiger partial charge in [0.2, 0.25) is 0 Å². The highest BCUT2D eigenvalue weighted by atomic mass is 32.2. The normalized spacial score (nSPS) is 24.1. The van der Waals surface area contributed by atoms with Crippen LogP contribution in [0.2, 0.25) is 0 Å². The number of nitrogens with one attached hydrogen (secondary N) is 1. The van der Waals surface area contributed by atoms with Crippen LogP contribution in [0.5, 0.6) is 0 Å². The largest absolute Gasteiger partial charge is 0.314 e. The van der Waals surface area contributed by atoms with Crippen LogP contribution < -0.4 is 5.32 Å². The molecule has 1 N–H and O–H groups in total. The molecule has 2 rings (SSSR count). The van der Waals surface area contributed by atoms with Gasteiger partial charge in [0.25, 0.3) is 0 Å². The molecule has 0 amide bonds. The molecule has 1 aliphatic carbocycles. The van der Waals surface area contributed by atoms with E-state index in [2.05, 4.69) is 42.6 Å². The Hall–Kier alpha value is -0.470. The fourth-order valence-electron chi connectivity index (χ4n) is 3.11. The zero-order valence-corrected chi connectivity index (χ0v) is 12.9. The maximum Gasteiger partial charge on any atom is 0.00955 e. The molecular formula is C17H27NS. The summed E-state index contributed by atoms with van der Waals surface area (Å²) in [7, 11) is 0. The van der Waals surface area contributed by atoms with Crippen molar-refractivity contribution in [2.24, 2.45) is 5.92 Å². The minimum absolute atomic E-state index is 0.767. The lowest BCUT2D eigenvalue weighted by Crippen LogP contribution is -2.35. The van der Waals surface area contributed by atoms with Crippen LogP contribution in [0.1, 0.15) is 45.4 Å². The standard InChI is InChI=1S/C17H27NS/c1-2-18-17-12-8-3-5-9-15(17)13-14-19-16-10-6-4-7-11-16/h4,6-7,10-11,15,17-18H,2-3,5,8-9,12-14H2,1H3. The maximum absolute atomic E-state index is 3.71. The van der Waals surface area contributed by atoms with E-state index < -0.39 is 0 Å². The molecule has 0 bridgehead atoms. The van der Waals surface area contributed by atoms with E-state index in [0.717, 1.165) is 18.5 Å². The van der Waals surface area contributed by atoms with Crippen LogP contribution in [0.25, 0.3) is 0 Å². The molecule has 106 valence electrons. The Labute approximate surface area is 122 Å². The number of rotatable bonds is 6. The topological polar surface area (TPSA) is 12.0 Å². The second kappa shape index (κ2) is 8.65. The third-order valence-corrected chi connectivity index (χ3v) is 5.17. The van der Waals surface area contributed by atoms with E-state index in [-0.39, 0.29) is 0 Å². The summed E-state index contributed by atoms with van der Waals surface area (Å²) in [5, 5.41) is 3.71. The van der Waals surface area contributed by atoms with E-state index in [1.807, 2.05) is 11.8 Å². The van der Waals surface area contributed by atoms with Crippen molar-refractivity contribution < 1.29 is 0 Å². The van der Waals surface area contributed by atoms with Gasteiger partial charge >= 0.3 is 0 Å². The Morgan fingerprint density at radius 1 is 1.11 bits per heavy atom. The van der Waals surface area contributed by atoms with Gasteiger partial charge < -0.3 is 5.32 Å². The second-order valence-corrected chi connectivity index (χ2v) is 6.68. The van der Waals surface area contributed by atoms with Crippen LogP contribution in [0.4, 0.5) is 0 Å². The minimum atomic E-state index is 0.767. The Morgan fingerprint density at radius 3 is 2.68 bits per heavy atom.